The molecule has 0 aliphatic heterocycles. The van der Waals surface area contributed by atoms with Crippen LogP contribution < -0.4 is 0 Å². The van der Waals surface area contributed by atoms with Crippen LogP contribution in [0.2, 0.25) is 0 Å². The monoisotopic (exact) mass is 208 g/mol. The van der Waals surface area contributed by atoms with Crippen molar-refractivity contribution in [3.05, 3.63) is 30.4 Å². The highest BCUT2D eigenvalue weighted by molar-refractivity contribution is 5.87. The van der Waals surface area contributed by atoms with Gasteiger partial charge in [0.25, 0.3) is 0 Å². The maximum atomic E-state index is 11.3. The molecule has 1 N–H and O–H groups in total. The normalized spacial score (nSPS) is 12.1. The van der Waals surface area contributed by atoms with Crippen molar-refractivity contribution in [2.75, 3.05) is 0 Å². The second-order valence-electron chi connectivity index (χ2n) is 3.46. The van der Waals surface area contributed by atoms with Crippen molar-refractivity contribution < 1.29 is 9.53 Å². The predicted molar refractivity (Wildman–Crippen MR) is 57.3 cm³/mol. The molecule has 0 fully saturated rings. The zero-order valence-electron chi connectivity index (χ0n) is 9.12. The van der Waals surface area contributed by atoms with Crippen molar-refractivity contribution in [1.82, 2.24) is 9.97 Å². The van der Waals surface area contributed by atoms with Gasteiger partial charge in [-0.15, -0.1) is 0 Å². The molecule has 1 rings (SSSR count). The van der Waals surface area contributed by atoms with Gasteiger partial charge in [0.2, 0.25) is 0 Å². The molecule has 0 spiro atoms. The van der Waals surface area contributed by atoms with Gasteiger partial charge < -0.3 is 9.72 Å². The Morgan fingerprint density at radius 1 is 1.73 bits per heavy atom. The molecule has 0 aliphatic rings. The number of imidazole rings is 1. The van der Waals surface area contributed by atoms with Crippen LogP contribution >= 0.6 is 0 Å². The number of aromatic amines is 1. The Morgan fingerprint density at radius 3 is 2.93 bits per heavy atom. The third-order valence-electron chi connectivity index (χ3n) is 2.05. The number of nitrogens with zero attached hydrogens (tertiary/aromatic N) is 1. The molecule has 1 aromatic heterocycles. The lowest BCUT2D eigenvalue weighted by atomic mass is 10.2. The molecule has 0 aromatic carbocycles. The summed E-state index contributed by atoms with van der Waals surface area (Å²) in [4.78, 5) is 18.4. The van der Waals surface area contributed by atoms with Crippen LogP contribution in [0.5, 0.6) is 0 Å². The molecule has 0 saturated heterocycles. The van der Waals surface area contributed by atoms with E-state index < -0.39 is 0 Å². The van der Waals surface area contributed by atoms with E-state index >= 15 is 0 Å². The van der Waals surface area contributed by atoms with E-state index in [0.29, 0.717) is 12.0 Å². The van der Waals surface area contributed by atoms with Crippen LogP contribution in [0.25, 0.3) is 0 Å². The topological polar surface area (TPSA) is 55.0 Å². The summed E-state index contributed by atoms with van der Waals surface area (Å²) in [5.74, 6) is 0.491. The molecule has 1 atom stereocenters. The van der Waals surface area contributed by atoms with Gasteiger partial charge in [0.1, 0.15) is 11.9 Å². The summed E-state index contributed by atoms with van der Waals surface area (Å²) < 4.78 is 5.24. The van der Waals surface area contributed by atoms with Crippen LogP contribution in [0.3, 0.4) is 0 Å². The van der Waals surface area contributed by atoms with Crippen LogP contribution in [0.1, 0.15) is 26.1 Å². The average Bonchev–Trinajstić information content (AvgIpc) is 2.69. The fraction of sp³-hybridized carbons (Fsp3) is 0.455. The highest BCUT2D eigenvalue weighted by atomic mass is 16.5. The van der Waals surface area contributed by atoms with Gasteiger partial charge >= 0.3 is 5.97 Å². The first-order valence-corrected chi connectivity index (χ1v) is 4.98. The Kier molecular flexibility index (Phi) is 4.09. The molecular weight excluding hydrogens is 192 g/mol. The third kappa shape index (κ3) is 3.58. The van der Waals surface area contributed by atoms with E-state index in [9.17, 15) is 4.79 Å². The van der Waals surface area contributed by atoms with Crippen LogP contribution in [0.4, 0.5) is 0 Å². The molecule has 82 valence electrons. The Labute approximate surface area is 89.4 Å². The summed E-state index contributed by atoms with van der Waals surface area (Å²) in [5.41, 5.74) is 0.424. The third-order valence-corrected chi connectivity index (χ3v) is 2.05. The SMILES string of the molecule is C=C(C)C(=O)OC(CC)Cc1ncc[nH]1. The number of rotatable bonds is 5. The smallest absolute Gasteiger partial charge is 0.333 e. The van der Waals surface area contributed by atoms with Gasteiger partial charge in [-0.1, -0.05) is 13.5 Å². The summed E-state index contributed by atoms with van der Waals surface area (Å²) in [6.45, 7) is 7.15. The van der Waals surface area contributed by atoms with Gasteiger partial charge in [-0.3, -0.25) is 0 Å². The van der Waals surface area contributed by atoms with E-state index in [2.05, 4.69) is 16.5 Å². The molecule has 1 unspecified atom stereocenters. The predicted octanol–water partition coefficient (Wildman–Crippen LogP) is 1.85. The maximum Gasteiger partial charge on any atom is 0.333 e. The molecule has 4 heteroatoms. The van der Waals surface area contributed by atoms with Gasteiger partial charge in [-0.2, -0.15) is 0 Å². The number of hydrogen-bond donors (Lipinski definition) is 1. The highest BCUT2D eigenvalue weighted by Crippen LogP contribution is 2.07. The second-order valence-corrected chi connectivity index (χ2v) is 3.46. The fourth-order valence-electron chi connectivity index (χ4n) is 1.15. The molecule has 0 radical (unpaired) electrons. The Balaban J connectivity index is 2.50. The number of aromatic nitrogens is 2. The summed E-state index contributed by atoms with van der Waals surface area (Å²) >= 11 is 0. The highest BCUT2D eigenvalue weighted by Gasteiger charge is 2.14. The minimum Gasteiger partial charge on any atom is -0.459 e. The molecule has 4 nitrogen and oxygen atoms in total. The Morgan fingerprint density at radius 2 is 2.47 bits per heavy atom. The van der Waals surface area contributed by atoms with E-state index in [1.807, 2.05) is 6.92 Å². The number of H-pyrrole nitrogens is 1. The van der Waals surface area contributed by atoms with E-state index in [1.54, 1.807) is 19.3 Å². The number of hydrogen-bond acceptors (Lipinski definition) is 3. The van der Waals surface area contributed by atoms with Crippen molar-refractivity contribution in [2.24, 2.45) is 0 Å². The van der Waals surface area contributed by atoms with Crippen molar-refractivity contribution in [2.45, 2.75) is 32.8 Å². The molecule has 15 heavy (non-hydrogen) atoms. The lowest BCUT2D eigenvalue weighted by molar-refractivity contribution is -0.144. The van der Waals surface area contributed by atoms with E-state index in [1.165, 1.54) is 0 Å². The Bertz CT molecular complexity index is 330. The van der Waals surface area contributed by atoms with E-state index in [4.69, 9.17) is 4.74 Å². The zero-order chi connectivity index (χ0) is 11.3. The first-order valence-electron chi connectivity index (χ1n) is 4.98. The van der Waals surface area contributed by atoms with Crippen molar-refractivity contribution >= 4 is 5.97 Å². The number of ether oxygens (including phenoxy) is 1. The first kappa shape index (κ1) is 11.5. The number of carbonyl (C=O) groups excluding carboxylic acids is 1. The minimum atomic E-state index is -0.339. The van der Waals surface area contributed by atoms with E-state index in [0.717, 1.165) is 12.2 Å². The first-order chi connectivity index (χ1) is 7.13. The average molecular weight is 208 g/mol. The standard InChI is InChI=1S/C11H16N2O2/c1-4-9(15-11(14)8(2)3)7-10-12-5-6-13-10/h5-6,9H,2,4,7H2,1,3H3,(H,12,13). The largest absolute Gasteiger partial charge is 0.459 e. The Hall–Kier alpha value is -1.58. The maximum absolute atomic E-state index is 11.3. The van der Waals surface area contributed by atoms with Crippen molar-refractivity contribution in [1.29, 1.82) is 0 Å². The van der Waals surface area contributed by atoms with E-state index in [-0.39, 0.29) is 12.1 Å². The molecule has 1 heterocycles. The van der Waals surface area contributed by atoms with Crippen LogP contribution in [-0.4, -0.2) is 22.0 Å². The quantitative estimate of drug-likeness (QED) is 0.593. The molecule has 0 saturated carbocycles. The van der Waals surface area contributed by atoms with Gasteiger partial charge in [-0.25, -0.2) is 9.78 Å². The number of carbonyl (C=O) groups is 1. The molecule has 1 aromatic rings. The molecule has 0 amide bonds. The summed E-state index contributed by atoms with van der Waals surface area (Å²) in [6, 6.07) is 0. The van der Waals surface area contributed by atoms with Crippen LogP contribution in [-0.2, 0) is 16.0 Å². The van der Waals surface area contributed by atoms with Crippen LogP contribution in [0, 0.1) is 0 Å². The van der Waals surface area contributed by atoms with Crippen molar-refractivity contribution in [3.8, 4) is 0 Å². The van der Waals surface area contributed by atoms with Gasteiger partial charge in [0.15, 0.2) is 0 Å². The molecule has 0 bridgehead atoms. The lowest BCUT2D eigenvalue weighted by Gasteiger charge is -2.14. The second kappa shape index (κ2) is 5.34. The van der Waals surface area contributed by atoms with Gasteiger partial charge in [-0.05, 0) is 13.3 Å². The zero-order valence-corrected chi connectivity index (χ0v) is 9.12. The van der Waals surface area contributed by atoms with Crippen LogP contribution in [0.15, 0.2) is 24.5 Å². The molecule has 0 aliphatic carbocycles. The number of esters is 1. The van der Waals surface area contributed by atoms with Gasteiger partial charge in [0, 0.05) is 24.4 Å². The molecular formula is C11H16N2O2. The number of nitrogens with one attached hydrogen (secondary N) is 1. The summed E-state index contributed by atoms with van der Waals surface area (Å²) in [5, 5.41) is 0. The van der Waals surface area contributed by atoms with Gasteiger partial charge in [0.05, 0.1) is 0 Å². The summed E-state index contributed by atoms with van der Waals surface area (Å²) in [6.07, 6.45) is 4.67. The minimum absolute atomic E-state index is 0.139. The van der Waals surface area contributed by atoms with Crippen molar-refractivity contribution in [3.63, 3.8) is 0 Å². The lowest BCUT2D eigenvalue weighted by Crippen LogP contribution is -2.20. The fourth-order valence-corrected chi connectivity index (χ4v) is 1.15. The summed E-state index contributed by atoms with van der Waals surface area (Å²) in [7, 11) is 0.